The lowest BCUT2D eigenvalue weighted by Gasteiger charge is -2.07. The molecule has 0 heterocycles. The van der Waals surface area contributed by atoms with Gasteiger partial charge in [-0.15, -0.1) is 0 Å². The molecule has 7 heteroatoms. The maximum absolute atomic E-state index is 12.8. The van der Waals surface area contributed by atoms with Gasteiger partial charge in [-0.3, -0.25) is 5.43 Å². The fourth-order valence-corrected chi connectivity index (χ4v) is 1.85. The monoisotopic (exact) mass is 331 g/mol. The number of anilines is 1. The van der Waals surface area contributed by atoms with Crippen LogP contribution in [0.1, 0.15) is 15.9 Å². The van der Waals surface area contributed by atoms with E-state index < -0.39 is 5.97 Å². The Bertz CT molecular complexity index is 715. The van der Waals surface area contributed by atoms with Gasteiger partial charge in [0, 0.05) is 5.69 Å². The summed E-state index contributed by atoms with van der Waals surface area (Å²) in [6.07, 6.45) is 1.52. The van der Waals surface area contributed by atoms with Gasteiger partial charge in [0.1, 0.15) is 5.82 Å². The summed E-state index contributed by atoms with van der Waals surface area (Å²) in [4.78, 5) is 11.3. The fourth-order valence-electron chi connectivity index (χ4n) is 1.68. The number of nitrogens with zero attached hydrogens (tertiary/aromatic N) is 1. The zero-order valence-corrected chi connectivity index (χ0v) is 13.1. The number of halogens is 1. The number of hydrogen-bond donors (Lipinski definition) is 2. The van der Waals surface area contributed by atoms with Crippen LogP contribution in [0.3, 0.4) is 0 Å². The van der Waals surface area contributed by atoms with E-state index in [0.717, 1.165) is 5.56 Å². The number of hydrogen-bond acceptors (Lipinski definition) is 4. The van der Waals surface area contributed by atoms with Gasteiger partial charge < -0.3 is 10.1 Å². The van der Waals surface area contributed by atoms with Crippen LogP contribution in [0.4, 0.5) is 10.1 Å². The number of esters is 1. The molecule has 2 aromatic carbocycles. The number of benzene rings is 2. The van der Waals surface area contributed by atoms with Crippen molar-refractivity contribution in [3.63, 3.8) is 0 Å². The molecule has 2 rings (SSSR count). The van der Waals surface area contributed by atoms with E-state index in [-0.39, 0.29) is 10.9 Å². The van der Waals surface area contributed by atoms with Gasteiger partial charge in [0.25, 0.3) is 0 Å². The number of nitrogens with one attached hydrogen (secondary N) is 2. The molecule has 0 aliphatic heterocycles. The van der Waals surface area contributed by atoms with Crippen LogP contribution < -0.4 is 10.7 Å². The largest absolute Gasteiger partial charge is 0.465 e. The second-order valence-corrected chi connectivity index (χ2v) is 4.85. The molecule has 0 amide bonds. The van der Waals surface area contributed by atoms with Gasteiger partial charge in [-0.05, 0) is 54.2 Å². The van der Waals surface area contributed by atoms with Crippen molar-refractivity contribution >= 4 is 35.2 Å². The van der Waals surface area contributed by atoms with Crippen LogP contribution in [0.15, 0.2) is 53.6 Å². The maximum atomic E-state index is 12.8. The Hall–Kier alpha value is -2.80. The number of rotatable bonds is 4. The summed E-state index contributed by atoms with van der Waals surface area (Å²) >= 11 is 5.09. The van der Waals surface area contributed by atoms with Gasteiger partial charge >= 0.3 is 5.97 Å². The van der Waals surface area contributed by atoms with Crippen molar-refractivity contribution in [3.8, 4) is 0 Å². The van der Waals surface area contributed by atoms with Crippen LogP contribution in [0.2, 0.25) is 0 Å². The van der Waals surface area contributed by atoms with Crippen molar-refractivity contribution in [2.75, 3.05) is 12.4 Å². The first kappa shape index (κ1) is 16.6. The lowest BCUT2D eigenvalue weighted by Crippen LogP contribution is -2.23. The zero-order valence-electron chi connectivity index (χ0n) is 12.2. The number of ether oxygens (including phenoxy) is 1. The van der Waals surface area contributed by atoms with Crippen LogP contribution in [-0.4, -0.2) is 24.4 Å². The predicted octanol–water partition coefficient (Wildman–Crippen LogP) is 2.93. The van der Waals surface area contributed by atoms with Gasteiger partial charge in [-0.2, -0.15) is 5.10 Å². The standard InChI is InChI=1S/C16H14FN3O2S/c1-22-15(21)12-4-8-14(9-5-12)19-16(23)20-18-10-11-2-6-13(17)7-3-11/h2-10H,1H3,(H2,19,20,23)/b18-10+. The fraction of sp³-hybridized carbons (Fsp3) is 0.0625. The first-order valence-electron chi connectivity index (χ1n) is 6.62. The second kappa shape index (κ2) is 8.00. The highest BCUT2D eigenvalue weighted by Gasteiger charge is 2.04. The third-order valence-electron chi connectivity index (χ3n) is 2.81. The smallest absolute Gasteiger partial charge is 0.337 e. The van der Waals surface area contributed by atoms with Crippen molar-refractivity contribution in [2.24, 2.45) is 5.10 Å². The van der Waals surface area contributed by atoms with Gasteiger partial charge in [0.15, 0.2) is 5.11 Å². The highest BCUT2D eigenvalue weighted by atomic mass is 32.1. The molecule has 0 atom stereocenters. The third kappa shape index (κ3) is 5.15. The Morgan fingerprint density at radius 2 is 1.83 bits per heavy atom. The minimum atomic E-state index is -0.402. The van der Waals surface area contributed by atoms with Crippen LogP contribution in [0.5, 0.6) is 0 Å². The summed E-state index contributed by atoms with van der Waals surface area (Å²) in [5.41, 5.74) is 4.54. The molecular formula is C16H14FN3O2S. The van der Waals surface area contributed by atoms with Crippen LogP contribution in [-0.2, 0) is 4.74 Å². The van der Waals surface area contributed by atoms with E-state index in [9.17, 15) is 9.18 Å². The predicted molar refractivity (Wildman–Crippen MR) is 91.1 cm³/mol. The second-order valence-electron chi connectivity index (χ2n) is 4.44. The van der Waals surface area contributed by atoms with Crippen LogP contribution in [0.25, 0.3) is 0 Å². The van der Waals surface area contributed by atoms with Crippen molar-refractivity contribution in [2.45, 2.75) is 0 Å². The molecule has 23 heavy (non-hydrogen) atoms. The molecule has 0 saturated carbocycles. The Kier molecular flexibility index (Phi) is 5.76. The normalized spacial score (nSPS) is 10.3. The van der Waals surface area contributed by atoms with E-state index in [0.29, 0.717) is 11.3 Å². The molecule has 0 aromatic heterocycles. The van der Waals surface area contributed by atoms with E-state index in [1.54, 1.807) is 36.4 Å². The van der Waals surface area contributed by atoms with Crippen LogP contribution in [0, 0.1) is 5.82 Å². The molecule has 118 valence electrons. The van der Waals surface area contributed by atoms with E-state index in [1.807, 2.05) is 0 Å². The number of carbonyl (C=O) groups is 1. The first-order chi connectivity index (χ1) is 11.1. The minimum Gasteiger partial charge on any atom is -0.465 e. The van der Waals surface area contributed by atoms with Gasteiger partial charge in [0.05, 0.1) is 18.9 Å². The summed E-state index contributed by atoms with van der Waals surface area (Å²) in [6, 6.07) is 12.5. The summed E-state index contributed by atoms with van der Waals surface area (Å²) in [5.74, 6) is -0.705. The first-order valence-corrected chi connectivity index (χ1v) is 7.03. The average molecular weight is 331 g/mol. The number of hydrazone groups is 1. The highest BCUT2D eigenvalue weighted by molar-refractivity contribution is 7.80. The van der Waals surface area contributed by atoms with Crippen LogP contribution >= 0.6 is 12.2 Å². The SMILES string of the molecule is COC(=O)c1ccc(NC(=S)N/N=C/c2ccc(F)cc2)cc1. The lowest BCUT2D eigenvalue weighted by molar-refractivity contribution is 0.0601. The molecule has 2 N–H and O–H groups in total. The molecule has 2 aromatic rings. The molecular weight excluding hydrogens is 317 g/mol. The van der Waals surface area contributed by atoms with Gasteiger partial charge in [-0.25, -0.2) is 9.18 Å². The Morgan fingerprint density at radius 1 is 1.17 bits per heavy atom. The summed E-state index contributed by atoms with van der Waals surface area (Å²) in [7, 11) is 1.33. The number of carbonyl (C=O) groups excluding carboxylic acids is 1. The van der Waals surface area contributed by atoms with E-state index in [2.05, 4.69) is 20.6 Å². The van der Waals surface area contributed by atoms with Crippen molar-refractivity contribution in [3.05, 3.63) is 65.5 Å². The zero-order chi connectivity index (χ0) is 16.7. The molecule has 0 radical (unpaired) electrons. The number of thiocarbonyl (C=S) groups is 1. The average Bonchev–Trinajstić information content (AvgIpc) is 2.56. The summed E-state index contributed by atoms with van der Waals surface area (Å²) in [6.45, 7) is 0. The molecule has 0 fully saturated rings. The lowest BCUT2D eigenvalue weighted by atomic mass is 10.2. The summed E-state index contributed by atoms with van der Waals surface area (Å²) in [5, 5.41) is 7.15. The van der Waals surface area contributed by atoms with Crippen molar-refractivity contribution in [1.82, 2.24) is 5.43 Å². The molecule has 0 saturated heterocycles. The maximum Gasteiger partial charge on any atom is 0.337 e. The summed E-state index contributed by atoms with van der Waals surface area (Å²) < 4.78 is 17.4. The van der Waals surface area contributed by atoms with Crippen molar-refractivity contribution < 1.29 is 13.9 Å². The Morgan fingerprint density at radius 3 is 2.43 bits per heavy atom. The Balaban J connectivity index is 1.87. The Labute approximate surface area is 138 Å². The quantitative estimate of drug-likeness (QED) is 0.390. The molecule has 0 spiro atoms. The molecule has 0 aliphatic carbocycles. The molecule has 0 aliphatic rings. The molecule has 5 nitrogen and oxygen atoms in total. The molecule has 0 bridgehead atoms. The number of methoxy groups -OCH3 is 1. The minimum absolute atomic E-state index is 0.286. The third-order valence-corrected chi connectivity index (χ3v) is 3.01. The van der Waals surface area contributed by atoms with E-state index in [1.165, 1.54) is 25.5 Å². The topological polar surface area (TPSA) is 62.7 Å². The highest BCUT2D eigenvalue weighted by Crippen LogP contribution is 2.10. The van der Waals surface area contributed by atoms with Gasteiger partial charge in [0.2, 0.25) is 0 Å². The van der Waals surface area contributed by atoms with E-state index >= 15 is 0 Å². The molecule has 0 unspecified atom stereocenters. The van der Waals surface area contributed by atoms with Gasteiger partial charge in [-0.1, -0.05) is 12.1 Å². The van der Waals surface area contributed by atoms with Crippen molar-refractivity contribution in [1.29, 1.82) is 0 Å². The van der Waals surface area contributed by atoms with E-state index in [4.69, 9.17) is 12.2 Å².